The van der Waals surface area contributed by atoms with Crippen molar-refractivity contribution in [3.05, 3.63) is 52.3 Å². The van der Waals surface area contributed by atoms with Gasteiger partial charge in [0.15, 0.2) is 0 Å². The number of hydrogen-bond acceptors (Lipinski definition) is 2. The van der Waals surface area contributed by atoms with Gasteiger partial charge in [0.25, 0.3) is 0 Å². The van der Waals surface area contributed by atoms with E-state index in [1.165, 1.54) is 21.8 Å². The van der Waals surface area contributed by atoms with Crippen molar-refractivity contribution in [3.63, 3.8) is 0 Å². The van der Waals surface area contributed by atoms with Crippen LogP contribution in [-0.4, -0.2) is 9.38 Å². The molecular formula is C15H11BrN2S. The van der Waals surface area contributed by atoms with Crippen LogP contribution < -0.4 is 0 Å². The molecule has 0 spiro atoms. The summed E-state index contributed by atoms with van der Waals surface area (Å²) in [7, 11) is 0. The molecule has 94 valence electrons. The van der Waals surface area contributed by atoms with E-state index in [2.05, 4.69) is 63.7 Å². The summed E-state index contributed by atoms with van der Waals surface area (Å²) in [4.78, 5) is 6.15. The van der Waals surface area contributed by atoms with Gasteiger partial charge < -0.3 is 0 Å². The molecule has 0 N–H and O–H groups in total. The highest BCUT2D eigenvalue weighted by atomic mass is 79.9. The van der Waals surface area contributed by atoms with Gasteiger partial charge >= 0.3 is 0 Å². The topological polar surface area (TPSA) is 17.3 Å². The Morgan fingerprint density at radius 1 is 1.21 bits per heavy atom. The molecule has 0 saturated heterocycles. The lowest BCUT2D eigenvalue weighted by Gasteiger charge is -2.15. The Balaban J connectivity index is 2.11. The van der Waals surface area contributed by atoms with Gasteiger partial charge in [0, 0.05) is 26.4 Å². The molecule has 0 saturated carbocycles. The van der Waals surface area contributed by atoms with E-state index in [4.69, 9.17) is 4.98 Å². The molecule has 1 aliphatic rings. The Hall–Kier alpha value is -1.26. The van der Waals surface area contributed by atoms with Gasteiger partial charge in [0.05, 0.1) is 11.4 Å². The average molecular weight is 331 g/mol. The monoisotopic (exact) mass is 330 g/mol. The molecule has 3 aromatic rings. The van der Waals surface area contributed by atoms with Crippen LogP contribution in [0.2, 0.25) is 0 Å². The van der Waals surface area contributed by atoms with Crippen LogP contribution in [0.15, 0.2) is 45.8 Å². The molecule has 1 aliphatic heterocycles. The molecule has 0 aliphatic carbocycles. The number of benzene rings is 1. The van der Waals surface area contributed by atoms with E-state index in [9.17, 15) is 0 Å². The third-order valence-electron chi connectivity index (χ3n) is 3.57. The van der Waals surface area contributed by atoms with Crippen molar-refractivity contribution in [2.24, 2.45) is 0 Å². The number of pyridine rings is 1. The molecule has 3 heterocycles. The molecular weight excluding hydrogens is 320 g/mol. The van der Waals surface area contributed by atoms with Crippen LogP contribution in [-0.2, 0) is 5.75 Å². The second kappa shape index (κ2) is 4.12. The number of halogens is 1. The van der Waals surface area contributed by atoms with Gasteiger partial charge in [-0.3, -0.25) is 4.40 Å². The first-order valence-corrected chi connectivity index (χ1v) is 7.92. The van der Waals surface area contributed by atoms with E-state index in [1.807, 2.05) is 11.8 Å². The van der Waals surface area contributed by atoms with Crippen LogP contribution in [0.5, 0.6) is 0 Å². The van der Waals surface area contributed by atoms with E-state index < -0.39 is 0 Å². The smallest absolute Gasteiger partial charge is 0.137 e. The second-order valence-corrected chi connectivity index (χ2v) is 6.52. The molecule has 0 radical (unpaired) electrons. The maximum atomic E-state index is 4.83. The summed E-state index contributed by atoms with van der Waals surface area (Å²) in [5.74, 6) is 0.977. The lowest BCUT2D eigenvalue weighted by Crippen LogP contribution is -2.01. The van der Waals surface area contributed by atoms with E-state index in [1.54, 1.807) is 0 Å². The number of rotatable bonds is 0. The van der Waals surface area contributed by atoms with Gasteiger partial charge in [-0.1, -0.05) is 18.2 Å². The molecule has 0 bridgehead atoms. The Kier molecular flexibility index (Phi) is 2.50. The van der Waals surface area contributed by atoms with Gasteiger partial charge in [-0.15, -0.1) is 11.8 Å². The van der Waals surface area contributed by atoms with Crippen molar-refractivity contribution in [2.45, 2.75) is 17.6 Å². The molecule has 19 heavy (non-hydrogen) atoms. The summed E-state index contributed by atoms with van der Waals surface area (Å²) in [6.45, 7) is 2.13. The number of aromatic nitrogens is 2. The first-order chi connectivity index (χ1) is 9.25. The maximum Gasteiger partial charge on any atom is 0.137 e. The Morgan fingerprint density at radius 2 is 2.05 bits per heavy atom. The fourth-order valence-corrected chi connectivity index (χ4v) is 3.98. The fraction of sp³-hybridized carbons (Fsp3) is 0.133. The summed E-state index contributed by atoms with van der Waals surface area (Å²) in [5.41, 5.74) is 5.94. The highest BCUT2D eigenvalue weighted by Crippen LogP contribution is 2.41. The van der Waals surface area contributed by atoms with Crippen LogP contribution in [0, 0.1) is 6.92 Å². The minimum absolute atomic E-state index is 0.977. The predicted molar refractivity (Wildman–Crippen MR) is 82.6 cm³/mol. The van der Waals surface area contributed by atoms with E-state index in [0.717, 1.165) is 21.6 Å². The Morgan fingerprint density at radius 3 is 2.95 bits per heavy atom. The summed E-state index contributed by atoms with van der Waals surface area (Å²) in [6, 6.07) is 12.7. The zero-order chi connectivity index (χ0) is 13.0. The lowest BCUT2D eigenvalue weighted by atomic mass is 10.1. The lowest BCUT2D eigenvalue weighted by molar-refractivity contribution is 1.02. The number of hydrogen-bond donors (Lipinski definition) is 0. The van der Waals surface area contributed by atoms with Crippen LogP contribution >= 0.6 is 27.7 Å². The molecule has 0 atom stereocenters. The van der Waals surface area contributed by atoms with E-state index >= 15 is 0 Å². The van der Waals surface area contributed by atoms with Crippen molar-refractivity contribution in [1.82, 2.24) is 9.38 Å². The Bertz CT molecular complexity index is 807. The van der Waals surface area contributed by atoms with Gasteiger partial charge in [-0.2, -0.15) is 0 Å². The molecule has 0 unspecified atom stereocenters. The SMILES string of the molecule is Cc1c(Br)ccc2nc3c(n12)CSc1ccccc1-3. The molecule has 0 amide bonds. The van der Waals surface area contributed by atoms with Crippen LogP contribution in [0.4, 0.5) is 0 Å². The van der Waals surface area contributed by atoms with Gasteiger partial charge in [-0.25, -0.2) is 4.98 Å². The largest absolute Gasteiger partial charge is 0.299 e. The number of thioether (sulfide) groups is 1. The molecule has 4 heteroatoms. The number of fused-ring (bicyclic) bond motifs is 5. The fourth-order valence-electron chi connectivity index (χ4n) is 2.62. The minimum atomic E-state index is 0.977. The van der Waals surface area contributed by atoms with Crippen LogP contribution in [0.1, 0.15) is 11.4 Å². The number of aryl methyl sites for hydroxylation is 1. The first kappa shape index (κ1) is 11.6. The highest BCUT2D eigenvalue weighted by Gasteiger charge is 2.22. The number of nitrogens with zero attached hydrogens (tertiary/aromatic N) is 2. The summed E-state index contributed by atoms with van der Waals surface area (Å²) >= 11 is 5.49. The molecule has 4 rings (SSSR count). The molecule has 2 aromatic heterocycles. The van der Waals surface area contributed by atoms with Gasteiger partial charge in [0.2, 0.25) is 0 Å². The standard InChI is InChI=1S/C15H11BrN2S/c1-9-11(16)6-7-14-17-15-10-4-2-3-5-13(10)19-8-12(15)18(9)14/h2-7H,8H2,1H3. The van der Waals surface area contributed by atoms with Crippen LogP contribution in [0.3, 0.4) is 0 Å². The second-order valence-electron chi connectivity index (χ2n) is 4.65. The Labute approximate surface area is 124 Å². The van der Waals surface area contributed by atoms with Gasteiger partial charge in [-0.05, 0) is 41.1 Å². The van der Waals surface area contributed by atoms with Crippen molar-refractivity contribution < 1.29 is 0 Å². The molecule has 2 nitrogen and oxygen atoms in total. The van der Waals surface area contributed by atoms with Crippen molar-refractivity contribution in [1.29, 1.82) is 0 Å². The maximum absolute atomic E-state index is 4.83. The normalized spacial score (nSPS) is 13.4. The molecule has 0 fully saturated rings. The van der Waals surface area contributed by atoms with Crippen molar-refractivity contribution in [3.8, 4) is 11.3 Å². The zero-order valence-corrected chi connectivity index (χ0v) is 12.8. The summed E-state index contributed by atoms with van der Waals surface area (Å²) < 4.78 is 3.39. The average Bonchev–Trinajstić information content (AvgIpc) is 2.82. The molecule has 1 aromatic carbocycles. The third kappa shape index (κ3) is 1.60. The minimum Gasteiger partial charge on any atom is -0.299 e. The van der Waals surface area contributed by atoms with Crippen LogP contribution in [0.25, 0.3) is 16.9 Å². The van der Waals surface area contributed by atoms with Crippen molar-refractivity contribution in [2.75, 3.05) is 0 Å². The summed E-state index contributed by atoms with van der Waals surface area (Å²) in [6.07, 6.45) is 0. The van der Waals surface area contributed by atoms with E-state index in [-0.39, 0.29) is 0 Å². The number of imidazole rings is 1. The third-order valence-corrected chi connectivity index (χ3v) is 5.49. The zero-order valence-electron chi connectivity index (χ0n) is 10.4. The van der Waals surface area contributed by atoms with E-state index in [0.29, 0.717) is 0 Å². The highest BCUT2D eigenvalue weighted by molar-refractivity contribution is 9.10. The van der Waals surface area contributed by atoms with Gasteiger partial charge in [0.1, 0.15) is 5.65 Å². The first-order valence-electron chi connectivity index (χ1n) is 6.14. The predicted octanol–water partition coefficient (Wildman–Crippen LogP) is 4.68. The van der Waals surface area contributed by atoms with Crippen molar-refractivity contribution >= 4 is 33.3 Å². The quantitative estimate of drug-likeness (QED) is 0.595. The summed E-state index contributed by atoms with van der Waals surface area (Å²) in [5, 5.41) is 0.